The summed E-state index contributed by atoms with van der Waals surface area (Å²) in [7, 11) is 0. The molecule has 0 bridgehead atoms. The quantitative estimate of drug-likeness (QED) is 0.423. The molecule has 1 aliphatic carbocycles. The Hall–Kier alpha value is -3.35. The molecule has 208 valence electrons. The SMILES string of the molecule is O=C(O)C(F)(F)F.O=C(O)c1cc(C2CC2)c(CN2CCC(Oc3cccc(C(F)(F)F)c3)CC2)cc1F. The highest BCUT2D eigenvalue weighted by Crippen LogP contribution is 2.43. The normalized spacial score (nSPS) is 16.9. The van der Waals surface area contributed by atoms with Crippen molar-refractivity contribution in [2.45, 2.75) is 56.6 Å². The van der Waals surface area contributed by atoms with Crippen LogP contribution in [0.4, 0.5) is 30.7 Å². The van der Waals surface area contributed by atoms with Crippen molar-refractivity contribution in [1.29, 1.82) is 0 Å². The Morgan fingerprint density at radius 1 is 0.947 bits per heavy atom. The predicted molar refractivity (Wildman–Crippen MR) is 119 cm³/mol. The Kier molecular flexibility index (Phi) is 8.90. The van der Waals surface area contributed by atoms with E-state index in [1.54, 1.807) is 0 Å². The number of aromatic carboxylic acids is 1. The van der Waals surface area contributed by atoms with Crippen molar-refractivity contribution < 1.29 is 55.3 Å². The summed E-state index contributed by atoms with van der Waals surface area (Å²) in [4.78, 5) is 22.3. The topological polar surface area (TPSA) is 87.1 Å². The van der Waals surface area contributed by atoms with Crippen molar-refractivity contribution in [3.8, 4) is 5.75 Å². The number of halogens is 7. The fourth-order valence-electron chi connectivity index (χ4n) is 4.07. The number of hydrogen-bond donors (Lipinski definition) is 2. The molecular weight excluding hydrogens is 527 g/mol. The van der Waals surface area contributed by atoms with Crippen molar-refractivity contribution in [2.24, 2.45) is 0 Å². The van der Waals surface area contributed by atoms with E-state index >= 15 is 0 Å². The molecule has 0 amide bonds. The van der Waals surface area contributed by atoms with Crippen LogP contribution in [0.2, 0.25) is 0 Å². The van der Waals surface area contributed by atoms with Gasteiger partial charge in [-0.3, -0.25) is 4.90 Å². The van der Waals surface area contributed by atoms with Crippen LogP contribution in [-0.4, -0.2) is 52.4 Å². The molecule has 0 radical (unpaired) electrons. The van der Waals surface area contributed by atoms with Crippen LogP contribution in [0.25, 0.3) is 0 Å². The Balaban J connectivity index is 0.000000505. The second-order valence-electron chi connectivity index (χ2n) is 9.03. The van der Waals surface area contributed by atoms with Gasteiger partial charge in [-0.2, -0.15) is 26.3 Å². The molecule has 2 aromatic rings. The largest absolute Gasteiger partial charge is 0.490 e. The van der Waals surface area contributed by atoms with Gasteiger partial charge in [0.25, 0.3) is 0 Å². The molecule has 6 nitrogen and oxygen atoms in total. The zero-order chi connectivity index (χ0) is 28.3. The summed E-state index contributed by atoms with van der Waals surface area (Å²) in [6.45, 7) is 1.84. The van der Waals surface area contributed by atoms with E-state index in [1.165, 1.54) is 24.3 Å². The standard InChI is InChI=1S/C23H23F4NO3.C2HF3O2/c24-21-10-15(19(14-4-5-14)12-20(21)22(29)30)13-28-8-6-17(7-9-28)31-18-3-1-2-16(11-18)23(25,26)27;3-2(4,5)1(6)7/h1-3,10-12,14,17H,4-9,13H2,(H,29,30);(H,6,7). The van der Waals surface area contributed by atoms with E-state index in [9.17, 15) is 40.6 Å². The number of aliphatic carboxylic acids is 1. The molecule has 4 rings (SSSR count). The van der Waals surface area contributed by atoms with Crippen molar-refractivity contribution in [1.82, 2.24) is 4.90 Å². The first-order valence-corrected chi connectivity index (χ1v) is 11.6. The highest BCUT2D eigenvalue weighted by Gasteiger charge is 2.38. The van der Waals surface area contributed by atoms with Crippen LogP contribution in [-0.2, 0) is 17.5 Å². The van der Waals surface area contributed by atoms with Crippen molar-refractivity contribution in [3.63, 3.8) is 0 Å². The number of rotatable bonds is 6. The summed E-state index contributed by atoms with van der Waals surface area (Å²) in [6, 6.07) is 7.69. The van der Waals surface area contributed by atoms with Gasteiger partial charge in [0, 0.05) is 19.6 Å². The van der Waals surface area contributed by atoms with Crippen molar-refractivity contribution in [2.75, 3.05) is 13.1 Å². The van der Waals surface area contributed by atoms with Crippen LogP contribution in [0.15, 0.2) is 36.4 Å². The lowest BCUT2D eigenvalue weighted by atomic mass is 9.98. The summed E-state index contributed by atoms with van der Waals surface area (Å²) in [5.74, 6) is -4.26. The maximum absolute atomic E-state index is 14.2. The van der Waals surface area contributed by atoms with E-state index in [-0.39, 0.29) is 23.3 Å². The minimum atomic E-state index is -5.08. The van der Waals surface area contributed by atoms with E-state index in [4.69, 9.17) is 14.6 Å². The molecule has 13 heteroatoms. The lowest BCUT2D eigenvalue weighted by Gasteiger charge is -2.32. The lowest BCUT2D eigenvalue weighted by molar-refractivity contribution is -0.192. The van der Waals surface area contributed by atoms with Crippen LogP contribution in [0.1, 0.15) is 58.6 Å². The van der Waals surface area contributed by atoms with Gasteiger partial charge in [-0.05, 0) is 73.1 Å². The van der Waals surface area contributed by atoms with E-state index in [0.717, 1.165) is 36.1 Å². The maximum Gasteiger partial charge on any atom is 0.490 e. The average molecular weight is 551 g/mol. The number of benzene rings is 2. The summed E-state index contributed by atoms with van der Waals surface area (Å²) in [5.41, 5.74) is 0.684. The van der Waals surface area contributed by atoms with Gasteiger partial charge in [-0.15, -0.1) is 0 Å². The first-order chi connectivity index (χ1) is 17.6. The number of carboxylic acid groups (broad SMARTS) is 2. The smallest absolute Gasteiger partial charge is 0.490 e. The lowest BCUT2D eigenvalue weighted by Crippen LogP contribution is -2.38. The molecule has 0 aromatic heterocycles. The highest BCUT2D eigenvalue weighted by atomic mass is 19.4. The van der Waals surface area contributed by atoms with Gasteiger partial charge >= 0.3 is 24.3 Å². The Bertz CT molecular complexity index is 1150. The molecule has 0 unspecified atom stereocenters. The molecule has 1 heterocycles. The Morgan fingerprint density at radius 3 is 2.05 bits per heavy atom. The van der Waals surface area contributed by atoms with E-state index in [1.807, 2.05) is 0 Å². The highest BCUT2D eigenvalue weighted by molar-refractivity contribution is 5.88. The average Bonchev–Trinajstić information content (AvgIpc) is 3.65. The molecule has 2 N–H and O–H groups in total. The second kappa shape index (κ2) is 11.6. The molecule has 1 aliphatic heterocycles. The van der Waals surface area contributed by atoms with Crippen LogP contribution < -0.4 is 4.74 Å². The molecule has 2 fully saturated rings. The van der Waals surface area contributed by atoms with Gasteiger partial charge in [0.1, 0.15) is 17.7 Å². The summed E-state index contributed by atoms with van der Waals surface area (Å²) in [6.07, 6.45) is -6.44. The number of piperidine rings is 1. The van der Waals surface area contributed by atoms with Gasteiger partial charge in [-0.1, -0.05) is 6.07 Å². The van der Waals surface area contributed by atoms with Gasteiger partial charge in [0.05, 0.1) is 11.1 Å². The molecule has 2 aromatic carbocycles. The number of hydrogen-bond acceptors (Lipinski definition) is 4. The maximum atomic E-state index is 14.2. The van der Waals surface area contributed by atoms with Crippen LogP contribution in [0.3, 0.4) is 0 Å². The zero-order valence-electron chi connectivity index (χ0n) is 19.8. The molecule has 0 spiro atoms. The fraction of sp³-hybridized carbons (Fsp3) is 0.440. The van der Waals surface area contributed by atoms with E-state index in [2.05, 4.69) is 4.90 Å². The molecule has 38 heavy (non-hydrogen) atoms. The third-order valence-corrected chi connectivity index (χ3v) is 6.11. The third-order valence-electron chi connectivity index (χ3n) is 6.11. The van der Waals surface area contributed by atoms with Gasteiger partial charge in [-0.25, -0.2) is 14.0 Å². The summed E-state index contributed by atoms with van der Waals surface area (Å²) in [5, 5.41) is 16.3. The monoisotopic (exact) mass is 551 g/mol. The minimum Gasteiger partial charge on any atom is -0.490 e. The van der Waals surface area contributed by atoms with Crippen LogP contribution >= 0.6 is 0 Å². The molecular formula is C25H24F7NO5. The molecule has 0 atom stereocenters. The van der Waals surface area contributed by atoms with E-state index in [0.29, 0.717) is 32.5 Å². The first-order valence-electron chi connectivity index (χ1n) is 11.6. The molecule has 2 aliphatic rings. The number of carbonyl (C=O) groups is 2. The van der Waals surface area contributed by atoms with E-state index < -0.39 is 35.7 Å². The van der Waals surface area contributed by atoms with Gasteiger partial charge in [0.2, 0.25) is 0 Å². The van der Waals surface area contributed by atoms with Gasteiger partial charge < -0.3 is 14.9 Å². The molecule has 1 saturated heterocycles. The third kappa shape index (κ3) is 8.07. The number of nitrogens with zero attached hydrogens (tertiary/aromatic N) is 1. The fourth-order valence-corrected chi connectivity index (χ4v) is 4.07. The van der Waals surface area contributed by atoms with Gasteiger partial charge in [0.15, 0.2) is 0 Å². The number of ether oxygens (including phenoxy) is 1. The number of likely N-dealkylation sites (tertiary alicyclic amines) is 1. The Labute approximate surface area is 212 Å². The summed E-state index contributed by atoms with van der Waals surface area (Å²) < 4.78 is 90.4. The van der Waals surface area contributed by atoms with Crippen LogP contribution in [0, 0.1) is 5.82 Å². The zero-order valence-corrected chi connectivity index (χ0v) is 19.8. The van der Waals surface area contributed by atoms with Crippen molar-refractivity contribution in [3.05, 3.63) is 64.5 Å². The molecule has 1 saturated carbocycles. The Morgan fingerprint density at radius 2 is 1.55 bits per heavy atom. The number of alkyl halides is 6. The summed E-state index contributed by atoms with van der Waals surface area (Å²) >= 11 is 0. The first kappa shape index (κ1) is 29.2. The van der Waals surface area contributed by atoms with Crippen molar-refractivity contribution >= 4 is 11.9 Å². The minimum absolute atomic E-state index is 0.186. The predicted octanol–water partition coefficient (Wildman–Crippen LogP) is 6.10. The second-order valence-corrected chi connectivity index (χ2v) is 9.03. The van der Waals surface area contributed by atoms with Crippen LogP contribution in [0.5, 0.6) is 5.75 Å². The number of carboxylic acids is 2.